The highest BCUT2D eigenvalue weighted by atomic mass is 79.9. The van der Waals surface area contributed by atoms with E-state index in [1.54, 1.807) is 12.1 Å². The SMILES string of the molecule is O=C(CNS(=O)(=O)c1cccc(Br)c1)OCc1csc([N+](=O)[O-])c1. The highest BCUT2D eigenvalue weighted by molar-refractivity contribution is 9.10. The number of nitro groups is 1. The van der Waals surface area contributed by atoms with Crippen molar-refractivity contribution in [2.45, 2.75) is 11.5 Å². The molecule has 0 aliphatic rings. The Balaban J connectivity index is 1.87. The molecule has 0 aliphatic heterocycles. The molecule has 1 aromatic heterocycles. The summed E-state index contributed by atoms with van der Waals surface area (Å²) in [5, 5.41) is 12.0. The molecule has 0 saturated carbocycles. The van der Waals surface area contributed by atoms with Crippen molar-refractivity contribution in [3.63, 3.8) is 0 Å². The van der Waals surface area contributed by atoms with Crippen molar-refractivity contribution in [2.75, 3.05) is 6.54 Å². The average Bonchev–Trinajstić information content (AvgIpc) is 3.00. The lowest BCUT2D eigenvalue weighted by Crippen LogP contribution is -2.30. The normalized spacial score (nSPS) is 11.2. The molecule has 0 unspecified atom stereocenters. The van der Waals surface area contributed by atoms with Crippen molar-refractivity contribution < 1.29 is 22.9 Å². The Labute approximate surface area is 149 Å². The lowest BCUT2D eigenvalue weighted by molar-refractivity contribution is -0.380. The van der Waals surface area contributed by atoms with Crippen LogP contribution in [0.1, 0.15) is 5.56 Å². The number of rotatable bonds is 7. The van der Waals surface area contributed by atoms with Gasteiger partial charge in [0.25, 0.3) is 0 Å². The highest BCUT2D eigenvalue weighted by Gasteiger charge is 2.17. The molecule has 1 heterocycles. The van der Waals surface area contributed by atoms with E-state index < -0.39 is 27.5 Å². The third kappa shape index (κ3) is 5.09. The fraction of sp³-hybridized carbons (Fsp3) is 0.154. The maximum Gasteiger partial charge on any atom is 0.324 e. The molecule has 8 nitrogen and oxygen atoms in total. The molecule has 0 saturated heterocycles. The minimum Gasteiger partial charge on any atom is -0.460 e. The molecule has 0 fully saturated rings. The van der Waals surface area contributed by atoms with Crippen LogP contribution in [0, 0.1) is 10.1 Å². The summed E-state index contributed by atoms with van der Waals surface area (Å²) in [6.45, 7) is -0.705. The zero-order valence-electron chi connectivity index (χ0n) is 12.0. The van der Waals surface area contributed by atoms with Gasteiger partial charge in [0.15, 0.2) is 0 Å². The zero-order valence-corrected chi connectivity index (χ0v) is 15.2. The summed E-state index contributed by atoms with van der Waals surface area (Å²) >= 11 is 4.09. The number of hydrogen-bond donors (Lipinski definition) is 1. The number of esters is 1. The first-order valence-corrected chi connectivity index (χ1v) is 9.56. The standard InChI is InChI=1S/C13H11BrN2O6S2/c14-10-2-1-3-11(5-10)24(20,21)15-6-13(17)22-7-9-4-12(16(18)19)23-8-9/h1-5,8,15H,6-7H2. The minimum absolute atomic E-state index is 0.0122. The van der Waals surface area contributed by atoms with Crippen LogP contribution in [0.3, 0.4) is 0 Å². The van der Waals surface area contributed by atoms with E-state index in [4.69, 9.17) is 4.74 Å². The monoisotopic (exact) mass is 434 g/mol. The summed E-state index contributed by atoms with van der Waals surface area (Å²) in [5.74, 6) is -0.789. The summed E-state index contributed by atoms with van der Waals surface area (Å²) in [6.07, 6.45) is 0. The van der Waals surface area contributed by atoms with Crippen LogP contribution in [0.5, 0.6) is 0 Å². The molecule has 128 valence electrons. The highest BCUT2D eigenvalue weighted by Crippen LogP contribution is 2.23. The van der Waals surface area contributed by atoms with Crippen LogP contribution < -0.4 is 4.72 Å². The fourth-order valence-corrected chi connectivity index (χ4v) is 3.90. The van der Waals surface area contributed by atoms with E-state index in [9.17, 15) is 23.3 Å². The second kappa shape index (κ2) is 7.83. The van der Waals surface area contributed by atoms with Crippen LogP contribution in [0.15, 0.2) is 45.1 Å². The van der Waals surface area contributed by atoms with Crippen molar-refractivity contribution in [3.8, 4) is 0 Å². The Hall–Kier alpha value is -1.82. The molecule has 24 heavy (non-hydrogen) atoms. The first-order chi connectivity index (χ1) is 11.3. The van der Waals surface area contributed by atoms with E-state index in [1.807, 2.05) is 0 Å². The maximum atomic E-state index is 12.0. The number of benzene rings is 1. The molecule has 0 aliphatic carbocycles. The van der Waals surface area contributed by atoms with Crippen LogP contribution in [0.4, 0.5) is 5.00 Å². The van der Waals surface area contributed by atoms with Crippen LogP contribution in [-0.2, 0) is 26.2 Å². The van der Waals surface area contributed by atoms with E-state index >= 15 is 0 Å². The molecule has 0 bridgehead atoms. The van der Waals surface area contributed by atoms with Gasteiger partial charge >= 0.3 is 11.0 Å². The minimum atomic E-state index is -3.84. The van der Waals surface area contributed by atoms with Crippen LogP contribution in [0.25, 0.3) is 0 Å². The molecule has 0 radical (unpaired) electrons. The van der Waals surface area contributed by atoms with Crippen molar-refractivity contribution in [1.29, 1.82) is 0 Å². The predicted molar refractivity (Wildman–Crippen MR) is 90.1 cm³/mol. The maximum absolute atomic E-state index is 12.0. The fourth-order valence-electron chi connectivity index (χ4n) is 1.62. The number of hydrogen-bond acceptors (Lipinski definition) is 7. The third-order valence-corrected chi connectivity index (χ3v) is 5.55. The van der Waals surface area contributed by atoms with Crippen LogP contribution in [-0.4, -0.2) is 25.9 Å². The number of nitrogens with one attached hydrogen (secondary N) is 1. The summed E-state index contributed by atoms with van der Waals surface area (Å²) in [5.41, 5.74) is 0.467. The van der Waals surface area contributed by atoms with Gasteiger partial charge in [0.05, 0.1) is 9.82 Å². The van der Waals surface area contributed by atoms with E-state index in [0.717, 1.165) is 11.3 Å². The van der Waals surface area contributed by atoms with Crippen molar-refractivity contribution in [1.82, 2.24) is 4.72 Å². The number of carbonyl (C=O) groups excluding carboxylic acids is 1. The van der Waals surface area contributed by atoms with Gasteiger partial charge in [0, 0.05) is 21.5 Å². The molecule has 0 atom stereocenters. The lowest BCUT2D eigenvalue weighted by Gasteiger charge is -2.07. The first kappa shape index (κ1) is 18.5. The Morgan fingerprint density at radius 1 is 1.38 bits per heavy atom. The van der Waals surface area contributed by atoms with Gasteiger partial charge in [-0.2, -0.15) is 4.72 Å². The molecule has 1 N–H and O–H groups in total. The van der Waals surface area contributed by atoms with Crippen LogP contribution in [0.2, 0.25) is 0 Å². The summed E-state index contributed by atoms with van der Waals surface area (Å²) in [7, 11) is -3.84. The van der Waals surface area contributed by atoms with Crippen LogP contribution >= 0.6 is 27.3 Å². The summed E-state index contributed by atoms with van der Waals surface area (Å²) < 4.78 is 31.7. The molecule has 0 amide bonds. The largest absolute Gasteiger partial charge is 0.460 e. The second-order valence-corrected chi connectivity index (χ2v) is 8.07. The summed E-state index contributed by atoms with van der Waals surface area (Å²) in [6, 6.07) is 7.32. The number of halogens is 1. The molecule has 11 heteroatoms. The Morgan fingerprint density at radius 2 is 2.12 bits per heavy atom. The van der Waals surface area contributed by atoms with Crippen molar-refractivity contribution in [3.05, 3.63) is 55.9 Å². The first-order valence-electron chi connectivity index (χ1n) is 6.40. The van der Waals surface area contributed by atoms with Crippen molar-refractivity contribution >= 4 is 48.3 Å². The molecular weight excluding hydrogens is 424 g/mol. The number of nitrogens with zero attached hydrogens (tertiary/aromatic N) is 1. The van der Waals surface area contributed by atoms with Gasteiger partial charge < -0.3 is 4.74 Å². The van der Waals surface area contributed by atoms with E-state index in [1.165, 1.54) is 23.6 Å². The molecule has 2 aromatic rings. The number of carbonyl (C=O) groups is 1. The smallest absolute Gasteiger partial charge is 0.324 e. The van der Waals surface area contributed by atoms with E-state index in [-0.39, 0.29) is 16.5 Å². The van der Waals surface area contributed by atoms with Crippen molar-refractivity contribution in [2.24, 2.45) is 0 Å². The third-order valence-electron chi connectivity index (χ3n) is 2.73. The van der Waals surface area contributed by atoms with E-state index in [0.29, 0.717) is 10.0 Å². The average molecular weight is 435 g/mol. The van der Waals surface area contributed by atoms with Gasteiger partial charge in [0.2, 0.25) is 10.0 Å². The number of thiophene rings is 1. The van der Waals surface area contributed by atoms with Gasteiger partial charge in [-0.05, 0) is 18.2 Å². The number of ether oxygens (including phenoxy) is 1. The van der Waals surface area contributed by atoms with Gasteiger partial charge in [-0.25, -0.2) is 8.42 Å². The molecule has 2 rings (SSSR count). The lowest BCUT2D eigenvalue weighted by atomic mass is 10.3. The Morgan fingerprint density at radius 3 is 2.75 bits per heavy atom. The second-order valence-electron chi connectivity index (χ2n) is 4.49. The summed E-state index contributed by atoms with van der Waals surface area (Å²) in [4.78, 5) is 21.6. The predicted octanol–water partition coefficient (Wildman–Crippen LogP) is 2.44. The molecular formula is C13H11BrN2O6S2. The number of sulfonamides is 1. The molecule has 0 spiro atoms. The topological polar surface area (TPSA) is 116 Å². The van der Waals surface area contributed by atoms with Gasteiger partial charge in [0.1, 0.15) is 13.2 Å². The van der Waals surface area contributed by atoms with Gasteiger partial charge in [-0.3, -0.25) is 14.9 Å². The van der Waals surface area contributed by atoms with Gasteiger partial charge in [-0.15, -0.1) is 0 Å². The van der Waals surface area contributed by atoms with E-state index in [2.05, 4.69) is 20.7 Å². The zero-order chi connectivity index (χ0) is 17.7. The Bertz CT molecular complexity index is 865. The quantitative estimate of drug-likeness (QED) is 0.406. The van der Waals surface area contributed by atoms with Gasteiger partial charge in [-0.1, -0.05) is 33.3 Å². The molecule has 1 aromatic carbocycles. The Kier molecular flexibility index (Phi) is 6.04.